The Bertz CT molecular complexity index is 477. The Morgan fingerprint density at radius 3 is 2.57 bits per heavy atom. The maximum absolute atomic E-state index is 12.9. The van der Waals surface area contributed by atoms with Crippen molar-refractivity contribution in [3.63, 3.8) is 0 Å². The molecule has 1 aliphatic rings. The van der Waals surface area contributed by atoms with Crippen molar-refractivity contribution >= 4 is 5.82 Å². The quantitative estimate of drug-likeness (QED) is 0.786. The molecule has 0 amide bonds. The molecule has 21 heavy (non-hydrogen) atoms. The number of halogens is 3. The van der Waals surface area contributed by atoms with Crippen molar-refractivity contribution in [3.8, 4) is 0 Å². The molecule has 0 unspecified atom stereocenters. The van der Waals surface area contributed by atoms with Gasteiger partial charge in [-0.3, -0.25) is 4.68 Å². The highest BCUT2D eigenvalue weighted by Gasteiger charge is 2.40. The lowest BCUT2D eigenvalue weighted by molar-refractivity contribution is -0.120. The van der Waals surface area contributed by atoms with Crippen molar-refractivity contribution < 1.29 is 13.2 Å². The topological polar surface area (TPSA) is 33.1 Å². The summed E-state index contributed by atoms with van der Waals surface area (Å²) in [4.78, 5) is 1.48. The molecule has 0 radical (unpaired) electrons. The second-order valence-electron chi connectivity index (χ2n) is 5.66. The van der Waals surface area contributed by atoms with Crippen molar-refractivity contribution in [2.24, 2.45) is 7.05 Å². The molecule has 1 heterocycles. The van der Waals surface area contributed by atoms with Crippen LogP contribution in [0.2, 0.25) is 0 Å². The van der Waals surface area contributed by atoms with Crippen LogP contribution in [0.4, 0.5) is 19.0 Å². The van der Waals surface area contributed by atoms with Gasteiger partial charge in [0.25, 0.3) is 0 Å². The van der Waals surface area contributed by atoms with Crippen LogP contribution >= 0.6 is 0 Å². The zero-order valence-electron chi connectivity index (χ0n) is 12.8. The van der Waals surface area contributed by atoms with Gasteiger partial charge in [0.2, 0.25) is 0 Å². The zero-order chi connectivity index (χ0) is 15.6. The molecular formula is C14H23F3N4. The smallest absolute Gasteiger partial charge is 0.344 e. The van der Waals surface area contributed by atoms with Gasteiger partial charge in [-0.15, -0.1) is 0 Å². The lowest BCUT2D eigenvalue weighted by atomic mass is 10.2. The van der Waals surface area contributed by atoms with Gasteiger partial charge in [-0.05, 0) is 32.7 Å². The summed E-state index contributed by atoms with van der Waals surface area (Å²) in [6, 6.07) is -0.00801. The summed E-state index contributed by atoms with van der Waals surface area (Å²) in [5.41, 5.74) is 1.67. The van der Waals surface area contributed by atoms with E-state index in [1.54, 1.807) is 11.7 Å². The van der Waals surface area contributed by atoms with Crippen molar-refractivity contribution in [2.75, 3.05) is 18.0 Å². The minimum atomic E-state index is -4.20. The third-order valence-corrected chi connectivity index (χ3v) is 3.65. The molecule has 0 saturated heterocycles. The SMILES string of the molecule is CCCNCc1c(C)nn(C)c1N(CC(F)(F)F)C1CC1. The standard InChI is InChI=1S/C14H23F3N4/c1-4-7-18-8-12-10(2)19-20(3)13(12)21(11-5-6-11)9-14(15,16)17/h11,18H,4-9H2,1-3H3. The van der Waals surface area contributed by atoms with E-state index in [1.807, 2.05) is 6.92 Å². The summed E-state index contributed by atoms with van der Waals surface area (Å²) in [5.74, 6) is 0.607. The third kappa shape index (κ3) is 4.12. The van der Waals surface area contributed by atoms with Crippen LogP contribution in [0.15, 0.2) is 0 Å². The molecule has 4 nitrogen and oxygen atoms in total. The average Bonchev–Trinajstić information content (AvgIpc) is 3.14. The first-order chi connectivity index (χ1) is 9.83. The number of anilines is 1. The van der Waals surface area contributed by atoms with Gasteiger partial charge in [0.1, 0.15) is 12.4 Å². The van der Waals surface area contributed by atoms with Crippen molar-refractivity contribution in [1.82, 2.24) is 15.1 Å². The van der Waals surface area contributed by atoms with Gasteiger partial charge in [-0.25, -0.2) is 0 Å². The fraction of sp³-hybridized carbons (Fsp3) is 0.786. The number of nitrogens with zero attached hydrogens (tertiary/aromatic N) is 3. The average molecular weight is 304 g/mol. The largest absolute Gasteiger partial charge is 0.405 e. The molecule has 1 aliphatic carbocycles. The Morgan fingerprint density at radius 2 is 2.05 bits per heavy atom. The summed E-state index contributed by atoms with van der Waals surface area (Å²) < 4.78 is 40.2. The van der Waals surface area contributed by atoms with E-state index in [0.29, 0.717) is 12.4 Å². The van der Waals surface area contributed by atoms with Gasteiger partial charge in [-0.1, -0.05) is 6.92 Å². The van der Waals surface area contributed by atoms with Crippen LogP contribution in [-0.4, -0.2) is 35.1 Å². The zero-order valence-corrected chi connectivity index (χ0v) is 12.8. The fourth-order valence-electron chi connectivity index (χ4n) is 2.60. The van der Waals surface area contributed by atoms with E-state index in [1.165, 1.54) is 4.90 Å². The lowest BCUT2D eigenvalue weighted by Crippen LogP contribution is -2.38. The number of hydrogen-bond donors (Lipinski definition) is 1. The number of hydrogen-bond acceptors (Lipinski definition) is 3. The highest BCUT2D eigenvalue weighted by molar-refractivity contribution is 5.52. The molecule has 2 rings (SSSR count). The minimum absolute atomic E-state index is 0.00801. The molecule has 1 N–H and O–H groups in total. The molecule has 0 aliphatic heterocycles. The Labute approximate surface area is 123 Å². The van der Waals surface area contributed by atoms with Gasteiger partial charge in [0, 0.05) is 25.2 Å². The van der Waals surface area contributed by atoms with Crippen LogP contribution in [0.5, 0.6) is 0 Å². The first-order valence-corrected chi connectivity index (χ1v) is 7.40. The summed E-state index contributed by atoms with van der Waals surface area (Å²) in [7, 11) is 1.72. The molecule has 1 saturated carbocycles. The predicted molar refractivity (Wildman–Crippen MR) is 76.4 cm³/mol. The molecule has 1 aromatic heterocycles. The highest BCUT2D eigenvalue weighted by Crippen LogP contribution is 2.36. The highest BCUT2D eigenvalue weighted by atomic mass is 19.4. The minimum Gasteiger partial charge on any atom is -0.344 e. The second-order valence-corrected chi connectivity index (χ2v) is 5.66. The Kier molecular flexibility index (Phi) is 4.81. The number of aromatic nitrogens is 2. The number of alkyl halides is 3. The molecule has 120 valence electrons. The molecule has 0 bridgehead atoms. The number of nitrogens with one attached hydrogen (secondary N) is 1. The van der Waals surface area contributed by atoms with Crippen LogP contribution in [-0.2, 0) is 13.6 Å². The molecule has 7 heteroatoms. The molecule has 1 fully saturated rings. The van der Waals surface area contributed by atoms with Gasteiger partial charge < -0.3 is 10.2 Å². The maximum Gasteiger partial charge on any atom is 0.405 e. The van der Waals surface area contributed by atoms with Gasteiger partial charge in [-0.2, -0.15) is 18.3 Å². The van der Waals surface area contributed by atoms with E-state index in [9.17, 15) is 13.2 Å². The van der Waals surface area contributed by atoms with Gasteiger partial charge in [0.05, 0.1) is 5.69 Å². The number of rotatable bonds is 7. The van der Waals surface area contributed by atoms with Crippen LogP contribution < -0.4 is 10.2 Å². The van der Waals surface area contributed by atoms with E-state index in [-0.39, 0.29) is 6.04 Å². The summed E-state index contributed by atoms with van der Waals surface area (Å²) in [6.45, 7) is 4.41. The van der Waals surface area contributed by atoms with E-state index in [2.05, 4.69) is 17.3 Å². The Hall–Kier alpha value is -1.24. The molecular weight excluding hydrogens is 281 g/mol. The predicted octanol–water partition coefficient (Wildman–Crippen LogP) is 2.76. The van der Waals surface area contributed by atoms with Crippen LogP contribution in [0.25, 0.3) is 0 Å². The van der Waals surface area contributed by atoms with Crippen LogP contribution in [0.3, 0.4) is 0 Å². The molecule has 0 aromatic carbocycles. The van der Waals surface area contributed by atoms with E-state index in [0.717, 1.165) is 37.1 Å². The summed E-state index contributed by atoms with van der Waals surface area (Å²) in [5, 5.41) is 7.58. The van der Waals surface area contributed by atoms with Crippen LogP contribution in [0.1, 0.15) is 37.4 Å². The normalized spacial score (nSPS) is 15.5. The van der Waals surface area contributed by atoms with Crippen molar-refractivity contribution in [3.05, 3.63) is 11.3 Å². The Balaban J connectivity index is 2.26. The summed E-state index contributed by atoms with van der Waals surface area (Å²) >= 11 is 0. The third-order valence-electron chi connectivity index (χ3n) is 3.65. The lowest BCUT2D eigenvalue weighted by Gasteiger charge is -2.27. The number of aryl methyl sites for hydroxylation is 2. The van der Waals surface area contributed by atoms with Gasteiger partial charge in [0.15, 0.2) is 0 Å². The maximum atomic E-state index is 12.9. The molecule has 0 atom stereocenters. The second kappa shape index (κ2) is 6.25. The molecule has 1 aromatic rings. The van der Waals surface area contributed by atoms with Crippen molar-refractivity contribution in [1.29, 1.82) is 0 Å². The van der Waals surface area contributed by atoms with E-state index >= 15 is 0 Å². The first-order valence-electron chi connectivity index (χ1n) is 7.40. The van der Waals surface area contributed by atoms with Crippen LogP contribution in [0, 0.1) is 6.92 Å². The monoisotopic (exact) mass is 304 g/mol. The van der Waals surface area contributed by atoms with E-state index < -0.39 is 12.7 Å². The van der Waals surface area contributed by atoms with E-state index in [4.69, 9.17) is 0 Å². The first kappa shape index (κ1) is 16.1. The fourth-order valence-corrected chi connectivity index (χ4v) is 2.60. The summed E-state index contributed by atoms with van der Waals surface area (Å²) in [6.07, 6.45) is -1.57. The van der Waals surface area contributed by atoms with Gasteiger partial charge >= 0.3 is 6.18 Å². The Morgan fingerprint density at radius 1 is 1.38 bits per heavy atom. The van der Waals surface area contributed by atoms with Crippen molar-refractivity contribution in [2.45, 2.75) is 51.9 Å². The molecule has 0 spiro atoms.